The lowest BCUT2D eigenvalue weighted by Gasteiger charge is -2.15. The predicted molar refractivity (Wildman–Crippen MR) is 156 cm³/mol. The van der Waals surface area contributed by atoms with Crippen molar-refractivity contribution in [1.82, 2.24) is 0 Å². The Bertz CT molecular complexity index is 1550. The van der Waals surface area contributed by atoms with E-state index in [1.807, 2.05) is 36.4 Å². The van der Waals surface area contributed by atoms with E-state index < -0.39 is 0 Å². The fraction of sp³-hybridized carbons (Fsp3) is 0.0909. The lowest BCUT2D eigenvalue weighted by Crippen LogP contribution is -2.29. The minimum atomic E-state index is -0.344. The van der Waals surface area contributed by atoms with Crippen molar-refractivity contribution in [2.24, 2.45) is 0 Å². The minimum absolute atomic E-state index is 0.274. The highest BCUT2D eigenvalue weighted by molar-refractivity contribution is 6.29. The maximum atomic E-state index is 11.7. The first-order valence-corrected chi connectivity index (χ1v) is 13.2. The lowest BCUT2D eigenvalue weighted by molar-refractivity contribution is -0.121. The first kappa shape index (κ1) is 27.9. The number of benzene rings is 3. The van der Waals surface area contributed by atoms with E-state index in [1.54, 1.807) is 36.4 Å². The molecule has 0 aromatic heterocycles. The van der Waals surface area contributed by atoms with E-state index in [4.69, 9.17) is 0 Å². The van der Waals surface area contributed by atoms with Gasteiger partial charge in [0, 0.05) is 36.5 Å². The molecule has 0 fully saturated rings. The van der Waals surface area contributed by atoms with Gasteiger partial charge in [0.2, 0.25) is 0 Å². The van der Waals surface area contributed by atoms with Gasteiger partial charge in [0.15, 0.2) is 0 Å². The maximum absolute atomic E-state index is 11.7. The highest BCUT2D eigenvalue weighted by Gasteiger charge is 2.26. The van der Waals surface area contributed by atoms with Crippen LogP contribution in [0.1, 0.15) is 23.6 Å². The lowest BCUT2D eigenvalue weighted by atomic mass is 10.0. The fourth-order valence-corrected chi connectivity index (χ4v) is 4.61. The van der Waals surface area contributed by atoms with Gasteiger partial charge in [-0.3, -0.25) is 28.8 Å². The molecule has 0 aliphatic carbocycles. The Labute approximate surface area is 241 Å². The van der Waals surface area contributed by atoms with Gasteiger partial charge in [-0.15, -0.1) is 0 Å². The van der Waals surface area contributed by atoms with Gasteiger partial charge in [-0.05, 0) is 65.9 Å². The van der Waals surface area contributed by atoms with Gasteiger partial charge in [0.1, 0.15) is 0 Å². The van der Waals surface area contributed by atoms with Crippen LogP contribution in [-0.4, -0.2) is 35.4 Å². The van der Waals surface area contributed by atoms with Gasteiger partial charge in [0.05, 0.1) is 17.1 Å². The number of hydrogen-bond acceptors (Lipinski definition) is 6. The van der Waals surface area contributed by atoms with Crippen LogP contribution < -0.4 is 14.7 Å². The monoisotopic (exact) mass is 559 g/mol. The third kappa shape index (κ3) is 5.75. The number of anilines is 3. The van der Waals surface area contributed by atoms with Crippen LogP contribution in [0.15, 0.2) is 109 Å². The maximum Gasteiger partial charge on any atom is 0.258 e. The number of carbonyl (C=O) groups excluding carboxylic acids is 6. The van der Waals surface area contributed by atoms with E-state index in [1.165, 1.54) is 46.9 Å². The summed E-state index contributed by atoms with van der Waals surface area (Å²) in [5, 5.41) is 0. The van der Waals surface area contributed by atoms with Crippen molar-refractivity contribution in [3.63, 3.8) is 0 Å². The van der Waals surface area contributed by atoms with Crippen molar-refractivity contribution in [3.8, 4) is 0 Å². The Morgan fingerprint density at radius 2 is 0.619 bits per heavy atom. The number of amides is 6. The van der Waals surface area contributed by atoms with Crippen LogP contribution in [0.3, 0.4) is 0 Å². The molecule has 3 heterocycles. The molecule has 6 rings (SSSR count). The van der Waals surface area contributed by atoms with E-state index in [9.17, 15) is 28.8 Å². The first-order valence-electron chi connectivity index (χ1n) is 13.2. The van der Waals surface area contributed by atoms with Crippen molar-refractivity contribution in [2.75, 3.05) is 14.7 Å². The quantitative estimate of drug-likeness (QED) is 0.425. The van der Waals surface area contributed by atoms with Gasteiger partial charge in [-0.2, -0.15) is 0 Å². The zero-order valence-electron chi connectivity index (χ0n) is 22.6. The molecule has 0 saturated carbocycles. The molecule has 3 aliphatic heterocycles. The Kier molecular flexibility index (Phi) is 7.83. The summed E-state index contributed by atoms with van der Waals surface area (Å²) in [6.07, 6.45) is 9.17. The summed E-state index contributed by atoms with van der Waals surface area (Å²) < 4.78 is 0. The molecule has 6 amide bonds. The topological polar surface area (TPSA) is 112 Å². The Morgan fingerprint density at radius 1 is 0.381 bits per heavy atom. The number of rotatable bonds is 6. The second-order valence-electron chi connectivity index (χ2n) is 9.57. The Morgan fingerprint density at radius 3 is 0.857 bits per heavy atom. The third-order valence-corrected chi connectivity index (χ3v) is 6.83. The van der Waals surface area contributed by atoms with Crippen LogP contribution in [0.4, 0.5) is 17.1 Å². The van der Waals surface area contributed by atoms with Gasteiger partial charge >= 0.3 is 0 Å². The summed E-state index contributed by atoms with van der Waals surface area (Å²) in [7, 11) is 0. The van der Waals surface area contributed by atoms with E-state index >= 15 is 0 Å². The molecular weight excluding hydrogens is 534 g/mol. The average molecular weight is 560 g/mol. The SMILES string of the molecule is CCc1ccc(N2C(=O)C=CC2=O)cc1.O=C1C=CC(=O)N1c1ccc(Cc2ccc(N3C(=O)C=CC3=O)cc2)cc1. The Balaban J connectivity index is 0.000000199. The molecule has 42 heavy (non-hydrogen) atoms. The van der Waals surface area contributed by atoms with Crippen molar-refractivity contribution in [3.05, 3.63) is 126 Å². The summed E-state index contributed by atoms with van der Waals surface area (Å²) >= 11 is 0. The van der Waals surface area contributed by atoms with Crippen LogP contribution >= 0.6 is 0 Å². The third-order valence-electron chi connectivity index (χ3n) is 6.83. The van der Waals surface area contributed by atoms with E-state index in [0.717, 1.165) is 27.3 Å². The summed E-state index contributed by atoms with van der Waals surface area (Å²) in [6, 6.07) is 21.8. The van der Waals surface area contributed by atoms with Crippen molar-refractivity contribution >= 4 is 52.5 Å². The molecule has 9 heteroatoms. The highest BCUT2D eigenvalue weighted by atomic mass is 16.2. The summed E-state index contributed by atoms with van der Waals surface area (Å²) in [4.78, 5) is 73.0. The van der Waals surface area contributed by atoms with Gasteiger partial charge in [-0.1, -0.05) is 43.3 Å². The number of nitrogens with zero attached hydrogens (tertiary/aromatic N) is 3. The fourth-order valence-electron chi connectivity index (χ4n) is 4.61. The molecule has 3 aromatic carbocycles. The van der Waals surface area contributed by atoms with Gasteiger partial charge in [-0.25, -0.2) is 14.7 Å². The van der Waals surface area contributed by atoms with E-state index in [2.05, 4.69) is 6.92 Å². The Hall–Kier alpha value is -5.70. The predicted octanol–water partition coefficient (Wildman–Crippen LogP) is 3.81. The van der Waals surface area contributed by atoms with Crippen LogP contribution in [0.25, 0.3) is 0 Å². The standard InChI is InChI=1S/C21H14N2O4.C12H11NO2/c24-18-9-10-19(25)22(18)16-5-1-14(2-6-16)13-15-3-7-17(8-4-15)23-20(26)11-12-21(23)27;1-2-9-3-5-10(6-4-9)13-11(14)7-8-12(13)15/h1-12H,13H2;3-8H,2H2,1H3. The number of carbonyl (C=O) groups is 6. The van der Waals surface area contributed by atoms with Crippen molar-refractivity contribution in [2.45, 2.75) is 19.8 Å². The molecule has 0 unspecified atom stereocenters. The molecule has 0 N–H and O–H groups in total. The molecule has 3 aliphatic rings. The van der Waals surface area contributed by atoms with E-state index in [-0.39, 0.29) is 35.4 Å². The van der Waals surface area contributed by atoms with Gasteiger partial charge in [0.25, 0.3) is 35.4 Å². The highest BCUT2D eigenvalue weighted by Crippen LogP contribution is 2.23. The molecular formula is C33H25N3O6. The number of imide groups is 3. The van der Waals surface area contributed by atoms with Crippen LogP contribution in [-0.2, 0) is 41.6 Å². The zero-order valence-corrected chi connectivity index (χ0v) is 22.6. The van der Waals surface area contributed by atoms with Crippen molar-refractivity contribution in [1.29, 1.82) is 0 Å². The summed E-state index contributed by atoms with van der Waals surface area (Å²) in [6.45, 7) is 2.06. The number of hydrogen-bond donors (Lipinski definition) is 0. The first-order chi connectivity index (χ1) is 20.2. The molecule has 9 nitrogen and oxygen atoms in total. The average Bonchev–Trinajstić information content (AvgIpc) is 3.64. The molecule has 0 spiro atoms. The molecule has 208 valence electrons. The molecule has 0 radical (unpaired) electrons. The smallest absolute Gasteiger partial charge is 0.258 e. The van der Waals surface area contributed by atoms with Crippen LogP contribution in [0.2, 0.25) is 0 Å². The van der Waals surface area contributed by atoms with Gasteiger partial charge < -0.3 is 0 Å². The second kappa shape index (κ2) is 11.8. The minimum Gasteiger partial charge on any atom is -0.269 e. The molecule has 0 saturated heterocycles. The molecule has 0 atom stereocenters. The van der Waals surface area contributed by atoms with Crippen molar-refractivity contribution < 1.29 is 28.8 Å². The van der Waals surface area contributed by atoms with E-state index in [0.29, 0.717) is 23.5 Å². The normalized spacial score (nSPS) is 15.8. The zero-order chi connectivity index (χ0) is 29.8. The molecule has 3 aromatic rings. The van der Waals surface area contributed by atoms with Crippen LogP contribution in [0, 0.1) is 0 Å². The number of aryl methyl sites for hydroxylation is 1. The van der Waals surface area contributed by atoms with Crippen LogP contribution in [0.5, 0.6) is 0 Å². The second-order valence-corrected chi connectivity index (χ2v) is 9.57. The summed E-state index contributed by atoms with van der Waals surface area (Å²) in [5.41, 5.74) is 4.90. The largest absolute Gasteiger partial charge is 0.269 e. The molecule has 0 bridgehead atoms. The summed E-state index contributed by atoms with van der Waals surface area (Å²) in [5.74, 6) is -1.92.